The molecule has 0 aliphatic carbocycles. The molecular formula is C10H20N2O4S2. The lowest BCUT2D eigenvalue weighted by atomic mass is 10.3. The van der Waals surface area contributed by atoms with Crippen molar-refractivity contribution in [1.82, 2.24) is 8.61 Å². The first-order valence-corrected chi connectivity index (χ1v) is 8.36. The van der Waals surface area contributed by atoms with Gasteiger partial charge in [0.15, 0.2) is 0 Å². The number of rotatable bonds is 6. The maximum absolute atomic E-state index is 12.3. The van der Waals surface area contributed by atoms with Crippen LogP contribution in [0.5, 0.6) is 0 Å². The van der Waals surface area contributed by atoms with Crippen LogP contribution in [0.1, 0.15) is 26.7 Å². The summed E-state index contributed by atoms with van der Waals surface area (Å²) >= 11 is 1.35. The van der Waals surface area contributed by atoms with Crippen LogP contribution >= 0.6 is 11.8 Å². The third-order valence-electron chi connectivity index (χ3n) is 2.93. The molecule has 18 heavy (non-hydrogen) atoms. The number of carboxylic acids is 1. The van der Waals surface area contributed by atoms with E-state index in [1.807, 2.05) is 6.92 Å². The average molecular weight is 296 g/mol. The van der Waals surface area contributed by atoms with Gasteiger partial charge >= 0.3 is 5.97 Å². The van der Waals surface area contributed by atoms with E-state index in [0.717, 1.165) is 17.1 Å². The molecule has 0 bridgehead atoms. The summed E-state index contributed by atoms with van der Waals surface area (Å²) < 4.78 is 27.0. The quantitative estimate of drug-likeness (QED) is 0.785. The number of nitrogens with zero attached hydrogens (tertiary/aromatic N) is 2. The normalized spacial score (nSPS) is 25.8. The van der Waals surface area contributed by atoms with Crippen LogP contribution in [0.4, 0.5) is 0 Å². The van der Waals surface area contributed by atoms with Crippen LogP contribution in [0.3, 0.4) is 0 Å². The minimum absolute atomic E-state index is 0.303. The summed E-state index contributed by atoms with van der Waals surface area (Å²) in [5.41, 5.74) is 0. The van der Waals surface area contributed by atoms with E-state index in [2.05, 4.69) is 0 Å². The van der Waals surface area contributed by atoms with E-state index in [9.17, 15) is 13.2 Å². The largest absolute Gasteiger partial charge is 0.480 e. The molecule has 1 fully saturated rings. The van der Waals surface area contributed by atoms with Gasteiger partial charge in [0.1, 0.15) is 6.04 Å². The molecule has 6 nitrogen and oxygen atoms in total. The van der Waals surface area contributed by atoms with Gasteiger partial charge in [-0.1, -0.05) is 13.3 Å². The average Bonchev–Trinajstić information content (AvgIpc) is 2.68. The Hall–Kier alpha value is -0.310. The van der Waals surface area contributed by atoms with Gasteiger partial charge in [0.05, 0.1) is 5.37 Å². The van der Waals surface area contributed by atoms with E-state index in [1.54, 1.807) is 6.92 Å². The molecule has 1 aliphatic heterocycles. The van der Waals surface area contributed by atoms with E-state index in [1.165, 1.54) is 23.1 Å². The summed E-state index contributed by atoms with van der Waals surface area (Å²) in [4.78, 5) is 11.1. The Morgan fingerprint density at radius 1 is 1.56 bits per heavy atom. The summed E-state index contributed by atoms with van der Waals surface area (Å²) in [7, 11) is -2.19. The highest BCUT2D eigenvalue weighted by molar-refractivity contribution is 8.01. The molecule has 0 aromatic rings. The molecule has 0 aromatic heterocycles. The molecule has 2 atom stereocenters. The monoisotopic (exact) mass is 296 g/mol. The third-order valence-corrected chi connectivity index (χ3v) is 6.36. The predicted octanol–water partition coefficient (Wildman–Crippen LogP) is 0.811. The van der Waals surface area contributed by atoms with Crippen molar-refractivity contribution in [3.05, 3.63) is 0 Å². The Kier molecular flexibility index (Phi) is 5.45. The number of hydrogen-bond acceptors (Lipinski definition) is 4. The number of unbranched alkanes of at least 4 members (excludes halogenated alkanes) is 1. The van der Waals surface area contributed by atoms with Crippen LogP contribution < -0.4 is 0 Å². The zero-order valence-electron chi connectivity index (χ0n) is 10.9. The minimum Gasteiger partial charge on any atom is -0.480 e. The van der Waals surface area contributed by atoms with Gasteiger partial charge in [0.25, 0.3) is 10.2 Å². The first-order valence-electron chi connectivity index (χ1n) is 5.91. The summed E-state index contributed by atoms with van der Waals surface area (Å²) in [6.07, 6.45) is 1.66. The first-order chi connectivity index (χ1) is 8.32. The van der Waals surface area contributed by atoms with Gasteiger partial charge in [-0.3, -0.25) is 4.79 Å². The van der Waals surface area contributed by atoms with Crippen LogP contribution in [-0.4, -0.2) is 58.9 Å². The van der Waals surface area contributed by atoms with Crippen LogP contribution in [0.25, 0.3) is 0 Å². The minimum atomic E-state index is -3.69. The summed E-state index contributed by atoms with van der Waals surface area (Å²) in [5.74, 6) is -0.781. The van der Waals surface area contributed by atoms with Gasteiger partial charge in [-0.25, -0.2) is 0 Å². The second-order valence-electron chi connectivity index (χ2n) is 4.30. The highest BCUT2D eigenvalue weighted by Gasteiger charge is 2.45. The highest BCUT2D eigenvalue weighted by atomic mass is 32.2. The Bertz CT molecular complexity index is 399. The third kappa shape index (κ3) is 3.17. The SMILES string of the molecule is CCCCN(C)S(=O)(=O)N1C(C)SCC1C(=O)O. The lowest BCUT2D eigenvalue weighted by Crippen LogP contribution is -2.50. The van der Waals surface area contributed by atoms with Gasteiger partial charge in [-0.2, -0.15) is 17.0 Å². The maximum Gasteiger partial charge on any atom is 0.322 e. The van der Waals surface area contributed by atoms with Crippen LogP contribution in [0, 0.1) is 0 Å². The van der Waals surface area contributed by atoms with E-state index < -0.39 is 22.2 Å². The van der Waals surface area contributed by atoms with E-state index in [4.69, 9.17) is 5.11 Å². The molecule has 1 aliphatic rings. The lowest BCUT2D eigenvalue weighted by molar-refractivity contribution is -0.140. The molecule has 0 spiro atoms. The molecule has 2 unspecified atom stereocenters. The zero-order chi connectivity index (χ0) is 13.9. The predicted molar refractivity (Wildman–Crippen MR) is 71.6 cm³/mol. The Morgan fingerprint density at radius 3 is 2.67 bits per heavy atom. The van der Waals surface area contributed by atoms with Crippen LogP contribution in [0.15, 0.2) is 0 Å². The lowest BCUT2D eigenvalue weighted by Gasteiger charge is -2.29. The number of hydrogen-bond donors (Lipinski definition) is 1. The van der Waals surface area contributed by atoms with E-state index in [-0.39, 0.29) is 5.37 Å². The fourth-order valence-electron chi connectivity index (χ4n) is 1.82. The smallest absolute Gasteiger partial charge is 0.322 e. The maximum atomic E-state index is 12.3. The number of aliphatic carboxylic acids is 1. The molecule has 8 heteroatoms. The van der Waals surface area contributed by atoms with Gasteiger partial charge in [-0.15, -0.1) is 11.8 Å². The zero-order valence-corrected chi connectivity index (χ0v) is 12.5. The second-order valence-corrected chi connectivity index (χ2v) is 7.59. The van der Waals surface area contributed by atoms with Gasteiger partial charge < -0.3 is 5.11 Å². The molecule has 1 N–H and O–H groups in total. The Balaban J connectivity index is 2.91. The Labute approximate surface area is 113 Å². The van der Waals surface area contributed by atoms with Crippen LogP contribution in [0.2, 0.25) is 0 Å². The fraction of sp³-hybridized carbons (Fsp3) is 0.900. The van der Waals surface area contributed by atoms with Crippen molar-refractivity contribution in [3.63, 3.8) is 0 Å². The van der Waals surface area contributed by atoms with Gasteiger partial charge in [0.2, 0.25) is 0 Å². The van der Waals surface area contributed by atoms with Crippen molar-refractivity contribution in [2.45, 2.75) is 38.1 Å². The van der Waals surface area contributed by atoms with E-state index >= 15 is 0 Å². The Morgan fingerprint density at radius 2 is 2.17 bits per heavy atom. The van der Waals surface area contributed by atoms with Crippen molar-refractivity contribution in [1.29, 1.82) is 0 Å². The van der Waals surface area contributed by atoms with Gasteiger partial charge in [-0.05, 0) is 13.3 Å². The molecule has 0 amide bonds. The molecule has 1 rings (SSSR count). The van der Waals surface area contributed by atoms with E-state index in [0.29, 0.717) is 12.3 Å². The molecule has 0 saturated carbocycles. The topological polar surface area (TPSA) is 77.9 Å². The molecule has 0 radical (unpaired) electrons. The molecule has 106 valence electrons. The molecular weight excluding hydrogens is 276 g/mol. The van der Waals surface area contributed by atoms with Crippen LogP contribution in [-0.2, 0) is 15.0 Å². The fourth-order valence-corrected chi connectivity index (χ4v) is 5.02. The number of carbonyl (C=O) groups is 1. The van der Waals surface area contributed by atoms with Gasteiger partial charge in [0, 0.05) is 19.3 Å². The second kappa shape index (κ2) is 6.23. The molecule has 1 saturated heterocycles. The number of carboxylic acid groups (broad SMARTS) is 1. The molecule has 1 heterocycles. The highest BCUT2D eigenvalue weighted by Crippen LogP contribution is 2.32. The first kappa shape index (κ1) is 15.7. The van der Waals surface area contributed by atoms with Crippen molar-refractivity contribution in [3.8, 4) is 0 Å². The summed E-state index contributed by atoms with van der Waals surface area (Å²) in [6.45, 7) is 4.12. The van der Waals surface area contributed by atoms with Crippen molar-refractivity contribution in [2.75, 3.05) is 19.3 Å². The number of thioether (sulfide) groups is 1. The van der Waals surface area contributed by atoms with Crippen molar-refractivity contribution in [2.24, 2.45) is 0 Å². The summed E-state index contributed by atoms with van der Waals surface area (Å²) in [5, 5.41) is 8.75. The molecule has 0 aromatic carbocycles. The summed E-state index contributed by atoms with van der Waals surface area (Å²) in [6, 6.07) is -0.959. The van der Waals surface area contributed by atoms with Crippen molar-refractivity contribution < 1.29 is 18.3 Å². The standard InChI is InChI=1S/C10H20N2O4S2/c1-4-5-6-11(3)18(15,16)12-8(2)17-7-9(12)10(13)14/h8-9H,4-7H2,1-3H3,(H,13,14). The van der Waals surface area contributed by atoms with Crippen molar-refractivity contribution >= 4 is 27.9 Å².